The third kappa shape index (κ3) is 4.19. The lowest BCUT2D eigenvalue weighted by molar-refractivity contribution is 0.124. The van der Waals surface area contributed by atoms with Gasteiger partial charge in [0.25, 0.3) is 0 Å². The van der Waals surface area contributed by atoms with E-state index in [1.54, 1.807) is 0 Å². The molecule has 108 valence electrons. The molecule has 1 heterocycles. The van der Waals surface area contributed by atoms with Crippen molar-refractivity contribution in [2.75, 3.05) is 40.3 Å². The summed E-state index contributed by atoms with van der Waals surface area (Å²) in [5.74, 6) is 0. The molecule has 4 nitrogen and oxygen atoms in total. The van der Waals surface area contributed by atoms with E-state index in [9.17, 15) is 5.11 Å². The highest BCUT2D eigenvalue weighted by Gasteiger charge is 2.31. The van der Waals surface area contributed by atoms with Crippen LogP contribution in [0.2, 0.25) is 0 Å². The predicted octanol–water partition coefficient (Wildman–Crippen LogP) is 0.761. The van der Waals surface area contributed by atoms with Crippen LogP contribution in [0.25, 0.3) is 0 Å². The summed E-state index contributed by atoms with van der Waals surface area (Å²) in [5.41, 5.74) is -0.148. The minimum atomic E-state index is -0.148. The molecule has 0 aliphatic carbocycles. The molecule has 0 bridgehead atoms. The molecule has 2 N–H and O–H groups in total. The monoisotopic (exact) mass is 257 g/mol. The van der Waals surface area contributed by atoms with Gasteiger partial charge >= 0.3 is 0 Å². The zero-order valence-corrected chi connectivity index (χ0v) is 12.7. The van der Waals surface area contributed by atoms with Crippen LogP contribution >= 0.6 is 0 Å². The first kappa shape index (κ1) is 15.9. The second kappa shape index (κ2) is 6.85. The Kier molecular flexibility index (Phi) is 6.05. The average Bonchev–Trinajstić information content (AvgIpc) is 2.78. The van der Waals surface area contributed by atoms with Crippen LogP contribution in [-0.4, -0.2) is 72.9 Å². The number of hydrogen-bond acceptors (Lipinski definition) is 4. The number of nitrogens with one attached hydrogen (secondary N) is 1. The average molecular weight is 257 g/mol. The molecule has 1 aliphatic heterocycles. The molecule has 0 saturated carbocycles. The molecule has 0 aromatic carbocycles. The van der Waals surface area contributed by atoms with Crippen LogP contribution in [0.3, 0.4) is 0 Å². The van der Waals surface area contributed by atoms with E-state index < -0.39 is 0 Å². The maximum absolute atomic E-state index is 9.56. The fourth-order valence-electron chi connectivity index (χ4n) is 2.99. The van der Waals surface area contributed by atoms with Gasteiger partial charge in [0.1, 0.15) is 0 Å². The maximum Gasteiger partial charge on any atom is 0.0611 e. The number of aliphatic hydroxyl groups is 1. The Morgan fingerprint density at radius 2 is 2.17 bits per heavy atom. The van der Waals surface area contributed by atoms with Crippen molar-refractivity contribution in [3.63, 3.8) is 0 Å². The first-order chi connectivity index (χ1) is 8.41. The Balaban J connectivity index is 2.48. The van der Waals surface area contributed by atoms with E-state index in [0.717, 1.165) is 19.5 Å². The van der Waals surface area contributed by atoms with E-state index in [2.05, 4.69) is 50.0 Å². The number of rotatable bonds is 7. The van der Waals surface area contributed by atoms with Gasteiger partial charge in [0.15, 0.2) is 0 Å². The molecule has 0 aromatic heterocycles. The van der Waals surface area contributed by atoms with Crippen molar-refractivity contribution in [3.05, 3.63) is 0 Å². The predicted molar refractivity (Wildman–Crippen MR) is 76.9 cm³/mol. The number of aliphatic hydroxyl groups excluding tert-OH is 1. The number of likely N-dealkylation sites (tertiary alicyclic amines) is 1. The summed E-state index contributed by atoms with van der Waals surface area (Å²) >= 11 is 0. The number of nitrogens with zero attached hydrogens (tertiary/aromatic N) is 2. The lowest BCUT2D eigenvalue weighted by atomic mass is 9.94. The highest BCUT2D eigenvalue weighted by atomic mass is 16.3. The Morgan fingerprint density at radius 3 is 2.61 bits per heavy atom. The van der Waals surface area contributed by atoms with Crippen molar-refractivity contribution in [1.29, 1.82) is 0 Å². The summed E-state index contributed by atoms with van der Waals surface area (Å²) in [4.78, 5) is 4.87. The summed E-state index contributed by atoms with van der Waals surface area (Å²) in [5, 5.41) is 13.0. The number of likely N-dealkylation sites (N-methyl/N-ethyl adjacent to an activating group) is 2. The third-order valence-electron chi connectivity index (χ3n) is 4.25. The topological polar surface area (TPSA) is 38.7 Å². The van der Waals surface area contributed by atoms with Crippen molar-refractivity contribution < 1.29 is 5.11 Å². The normalized spacial score (nSPS) is 26.5. The summed E-state index contributed by atoms with van der Waals surface area (Å²) < 4.78 is 0. The molecule has 0 aromatic rings. The fourth-order valence-corrected chi connectivity index (χ4v) is 2.99. The zero-order chi connectivity index (χ0) is 13.8. The van der Waals surface area contributed by atoms with E-state index in [-0.39, 0.29) is 12.1 Å². The molecule has 0 spiro atoms. The molecule has 1 fully saturated rings. The van der Waals surface area contributed by atoms with Crippen molar-refractivity contribution >= 4 is 0 Å². The van der Waals surface area contributed by atoms with Gasteiger partial charge in [-0.15, -0.1) is 0 Å². The largest absolute Gasteiger partial charge is 0.394 e. The molecule has 1 rings (SSSR count). The molecule has 0 radical (unpaired) electrons. The second-order valence-electron chi connectivity index (χ2n) is 6.20. The van der Waals surface area contributed by atoms with Crippen molar-refractivity contribution in [3.8, 4) is 0 Å². The summed E-state index contributed by atoms with van der Waals surface area (Å²) in [6.07, 6.45) is 2.26. The first-order valence-corrected chi connectivity index (χ1v) is 7.18. The van der Waals surface area contributed by atoms with Gasteiger partial charge < -0.3 is 15.3 Å². The first-order valence-electron chi connectivity index (χ1n) is 7.18. The molecule has 3 atom stereocenters. The quantitative estimate of drug-likeness (QED) is 0.706. The summed E-state index contributed by atoms with van der Waals surface area (Å²) in [6.45, 7) is 9.94. The SMILES string of the molecule is CCNC(C)(CO)CC(C)N1CCC(N(C)C)C1. The zero-order valence-electron chi connectivity index (χ0n) is 12.7. The van der Waals surface area contributed by atoms with E-state index >= 15 is 0 Å². The molecule has 0 amide bonds. The lowest BCUT2D eigenvalue weighted by Crippen LogP contribution is -2.50. The Hall–Kier alpha value is -0.160. The molecular formula is C14H31N3O. The van der Waals surface area contributed by atoms with Crippen molar-refractivity contribution in [2.45, 2.75) is 51.2 Å². The van der Waals surface area contributed by atoms with Crippen LogP contribution in [0, 0.1) is 0 Å². The molecule has 4 heteroatoms. The van der Waals surface area contributed by atoms with Gasteiger partial charge in [0.2, 0.25) is 0 Å². The Morgan fingerprint density at radius 1 is 1.50 bits per heavy atom. The van der Waals surface area contributed by atoms with Crippen LogP contribution < -0.4 is 5.32 Å². The van der Waals surface area contributed by atoms with Crippen LogP contribution in [0.15, 0.2) is 0 Å². The van der Waals surface area contributed by atoms with Crippen molar-refractivity contribution in [2.24, 2.45) is 0 Å². The maximum atomic E-state index is 9.56. The molecular weight excluding hydrogens is 226 g/mol. The number of hydrogen-bond donors (Lipinski definition) is 2. The van der Waals surface area contributed by atoms with E-state index in [4.69, 9.17) is 0 Å². The molecule has 18 heavy (non-hydrogen) atoms. The standard InChI is InChI=1S/C14H31N3O/c1-6-15-14(3,11-18)9-12(2)17-8-7-13(10-17)16(4)5/h12-13,15,18H,6-11H2,1-5H3. The van der Waals surface area contributed by atoms with Gasteiger partial charge in [0, 0.05) is 30.7 Å². The summed E-state index contributed by atoms with van der Waals surface area (Å²) in [6, 6.07) is 1.21. The van der Waals surface area contributed by atoms with Gasteiger partial charge in [0.05, 0.1) is 6.61 Å². The highest BCUT2D eigenvalue weighted by Crippen LogP contribution is 2.21. The van der Waals surface area contributed by atoms with Gasteiger partial charge in [-0.3, -0.25) is 4.90 Å². The van der Waals surface area contributed by atoms with Gasteiger partial charge in [-0.05, 0) is 47.3 Å². The van der Waals surface area contributed by atoms with E-state index in [1.807, 2.05) is 0 Å². The van der Waals surface area contributed by atoms with Crippen LogP contribution in [0.4, 0.5) is 0 Å². The van der Waals surface area contributed by atoms with Crippen LogP contribution in [0.5, 0.6) is 0 Å². The van der Waals surface area contributed by atoms with E-state index in [1.165, 1.54) is 13.0 Å². The molecule has 1 saturated heterocycles. The molecule has 3 unspecified atom stereocenters. The van der Waals surface area contributed by atoms with Crippen molar-refractivity contribution in [1.82, 2.24) is 15.1 Å². The van der Waals surface area contributed by atoms with Gasteiger partial charge in [-0.25, -0.2) is 0 Å². The summed E-state index contributed by atoms with van der Waals surface area (Å²) in [7, 11) is 4.32. The van der Waals surface area contributed by atoms with Gasteiger partial charge in [-0.2, -0.15) is 0 Å². The third-order valence-corrected chi connectivity index (χ3v) is 4.25. The Bertz CT molecular complexity index is 247. The van der Waals surface area contributed by atoms with Crippen LogP contribution in [-0.2, 0) is 0 Å². The second-order valence-corrected chi connectivity index (χ2v) is 6.20. The minimum absolute atomic E-state index is 0.148. The van der Waals surface area contributed by atoms with Crippen LogP contribution in [0.1, 0.15) is 33.6 Å². The fraction of sp³-hybridized carbons (Fsp3) is 1.00. The smallest absolute Gasteiger partial charge is 0.0611 e. The Labute approximate surface area is 112 Å². The highest BCUT2D eigenvalue weighted by molar-refractivity contribution is 4.90. The van der Waals surface area contributed by atoms with Gasteiger partial charge in [-0.1, -0.05) is 6.92 Å². The lowest BCUT2D eigenvalue weighted by Gasteiger charge is -2.35. The minimum Gasteiger partial charge on any atom is -0.394 e. The van der Waals surface area contributed by atoms with E-state index in [0.29, 0.717) is 12.1 Å². The molecule has 1 aliphatic rings.